The second kappa shape index (κ2) is 6.82. The number of ether oxygens (including phenoxy) is 1. The van der Waals surface area contributed by atoms with Gasteiger partial charge < -0.3 is 9.64 Å². The van der Waals surface area contributed by atoms with Crippen LogP contribution in [-0.4, -0.2) is 47.8 Å². The van der Waals surface area contributed by atoms with E-state index in [-0.39, 0.29) is 5.69 Å². The molecule has 0 atom stereocenters. The highest BCUT2D eigenvalue weighted by Gasteiger charge is 2.24. The van der Waals surface area contributed by atoms with Gasteiger partial charge in [0.25, 0.3) is 5.69 Å². The molecule has 1 aromatic rings. The van der Waals surface area contributed by atoms with Gasteiger partial charge in [0, 0.05) is 37.5 Å². The van der Waals surface area contributed by atoms with Crippen LogP contribution in [0, 0.1) is 10.1 Å². The van der Waals surface area contributed by atoms with E-state index < -0.39 is 16.6 Å². The fourth-order valence-corrected chi connectivity index (χ4v) is 2.25. The van der Waals surface area contributed by atoms with Crippen molar-refractivity contribution in [1.29, 1.82) is 0 Å². The number of nitro benzene ring substituents is 1. The Bertz CT molecular complexity index is 568. The number of hydrogen-bond donors (Lipinski definition) is 1. The highest BCUT2D eigenvalue weighted by atomic mass is 16.6. The number of rotatable bonds is 2. The van der Waals surface area contributed by atoms with Crippen LogP contribution in [0.3, 0.4) is 0 Å². The summed E-state index contributed by atoms with van der Waals surface area (Å²) in [7, 11) is 0. The SMILES string of the molecule is CC(C)(C)OC(=O)N1CCN(c2ccc([N+](=O)[O-])cc2)CCN1. The van der Waals surface area contributed by atoms with Crippen molar-refractivity contribution in [3.05, 3.63) is 34.4 Å². The largest absolute Gasteiger partial charge is 0.443 e. The summed E-state index contributed by atoms with van der Waals surface area (Å²) in [4.78, 5) is 24.4. The molecule has 1 fully saturated rings. The number of hydrogen-bond acceptors (Lipinski definition) is 6. The molecule has 0 unspecified atom stereocenters. The molecule has 1 aliphatic heterocycles. The van der Waals surface area contributed by atoms with Crippen LogP contribution in [0.15, 0.2) is 24.3 Å². The smallest absolute Gasteiger partial charge is 0.424 e. The zero-order chi connectivity index (χ0) is 17.0. The highest BCUT2D eigenvalue weighted by molar-refractivity contribution is 5.67. The second-order valence-corrected chi connectivity index (χ2v) is 6.30. The van der Waals surface area contributed by atoms with E-state index in [1.165, 1.54) is 17.1 Å². The zero-order valence-corrected chi connectivity index (χ0v) is 13.6. The predicted octanol–water partition coefficient (Wildman–Crippen LogP) is 2.16. The molecule has 1 aromatic carbocycles. The van der Waals surface area contributed by atoms with Gasteiger partial charge >= 0.3 is 6.09 Å². The summed E-state index contributed by atoms with van der Waals surface area (Å²) in [5, 5.41) is 12.2. The van der Waals surface area contributed by atoms with Crippen LogP contribution in [0.5, 0.6) is 0 Å². The number of anilines is 1. The second-order valence-electron chi connectivity index (χ2n) is 6.30. The minimum atomic E-state index is -0.539. The van der Waals surface area contributed by atoms with Crippen molar-refractivity contribution in [2.24, 2.45) is 0 Å². The van der Waals surface area contributed by atoms with E-state index in [0.29, 0.717) is 26.2 Å². The number of nitro groups is 1. The molecule has 126 valence electrons. The maximum absolute atomic E-state index is 12.1. The molecule has 0 radical (unpaired) electrons. The molecule has 0 aromatic heterocycles. The number of amides is 1. The Kier molecular flexibility index (Phi) is 5.05. The number of nitrogens with zero attached hydrogens (tertiary/aromatic N) is 3. The maximum atomic E-state index is 12.1. The molecule has 1 saturated heterocycles. The van der Waals surface area contributed by atoms with E-state index in [1.54, 1.807) is 12.1 Å². The Balaban J connectivity index is 1.98. The number of carbonyl (C=O) groups is 1. The first-order chi connectivity index (χ1) is 10.8. The summed E-state index contributed by atoms with van der Waals surface area (Å²) in [6.07, 6.45) is -0.400. The normalized spacial score (nSPS) is 16.0. The highest BCUT2D eigenvalue weighted by Crippen LogP contribution is 2.20. The standard InChI is InChI=1S/C15H22N4O4/c1-15(2,3)23-14(20)18-11-10-17(9-8-16-18)12-4-6-13(7-5-12)19(21)22/h4-7,16H,8-11H2,1-3H3. The van der Waals surface area contributed by atoms with Gasteiger partial charge in [0.15, 0.2) is 0 Å². The van der Waals surface area contributed by atoms with Gasteiger partial charge in [-0.2, -0.15) is 0 Å². The third-order valence-electron chi connectivity index (χ3n) is 3.32. The third kappa shape index (κ3) is 4.82. The van der Waals surface area contributed by atoms with Gasteiger partial charge in [-0.15, -0.1) is 0 Å². The molecule has 8 heteroatoms. The van der Waals surface area contributed by atoms with Crippen molar-refractivity contribution < 1.29 is 14.5 Å². The van der Waals surface area contributed by atoms with E-state index >= 15 is 0 Å². The van der Waals surface area contributed by atoms with Crippen molar-refractivity contribution in [1.82, 2.24) is 10.4 Å². The summed E-state index contributed by atoms with van der Waals surface area (Å²) >= 11 is 0. The lowest BCUT2D eigenvalue weighted by Crippen LogP contribution is -2.46. The third-order valence-corrected chi connectivity index (χ3v) is 3.32. The van der Waals surface area contributed by atoms with E-state index in [0.717, 1.165) is 5.69 Å². The molecular weight excluding hydrogens is 300 g/mol. The van der Waals surface area contributed by atoms with Gasteiger partial charge in [0.1, 0.15) is 5.60 Å². The number of carbonyl (C=O) groups excluding carboxylic acids is 1. The molecule has 23 heavy (non-hydrogen) atoms. The monoisotopic (exact) mass is 322 g/mol. The van der Waals surface area contributed by atoms with Crippen molar-refractivity contribution in [3.63, 3.8) is 0 Å². The van der Waals surface area contributed by atoms with Crippen LogP contribution in [-0.2, 0) is 4.74 Å². The van der Waals surface area contributed by atoms with Crippen LogP contribution in [0.1, 0.15) is 20.8 Å². The van der Waals surface area contributed by atoms with E-state index in [4.69, 9.17) is 4.74 Å². The first-order valence-electron chi connectivity index (χ1n) is 7.50. The first-order valence-corrected chi connectivity index (χ1v) is 7.50. The van der Waals surface area contributed by atoms with Crippen molar-refractivity contribution >= 4 is 17.5 Å². The van der Waals surface area contributed by atoms with E-state index in [9.17, 15) is 14.9 Å². The lowest BCUT2D eigenvalue weighted by molar-refractivity contribution is -0.384. The average molecular weight is 322 g/mol. The van der Waals surface area contributed by atoms with Crippen LogP contribution in [0.2, 0.25) is 0 Å². The minimum absolute atomic E-state index is 0.0667. The molecule has 8 nitrogen and oxygen atoms in total. The number of non-ortho nitro benzene ring substituents is 1. The van der Waals surface area contributed by atoms with Gasteiger partial charge in [0.2, 0.25) is 0 Å². The molecule has 0 spiro atoms. The van der Waals surface area contributed by atoms with Crippen molar-refractivity contribution in [2.75, 3.05) is 31.1 Å². The molecule has 0 bridgehead atoms. The molecule has 1 N–H and O–H groups in total. The van der Waals surface area contributed by atoms with E-state index in [2.05, 4.69) is 10.3 Å². The fraction of sp³-hybridized carbons (Fsp3) is 0.533. The molecule has 2 rings (SSSR count). The van der Waals surface area contributed by atoms with Crippen LogP contribution >= 0.6 is 0 Å². The summed E-state index contributed by atoms with van der Waals surface area (Å²) in [6, 6.07) is 6.42. The Labute approximate surface area is 135 Å². The molecule has 1 heterocycles. The van der Waals surface area contributed by atoms with Crippen molar-refractivity contribution in [3.8, 4) is 0 Å². The van der Waals surface area contributed by atoms with Gasteiger partial charge in [0.05, 0.1) is 11.5 Å². The van der Waals surface area contributed by atoms with Gasteiger partial charge in [-0.05, 0) is 32.9 Å². The topological polar surface area (TPSA) is 88.0 Å². The van der Waals surface area contributed by atoms with Crippen LogP contribution < -0.4 is 10.3 Å². The Morgan fingerprint density at radius 1 is 1.22 bits per heavy atom. The lowest BCUT2D eigenvalue weighted by Gasteiger charge is -2.26. The number of benzene rings is 1. The average Bonchev–Trinajstić information content (AvgIpc) is 2.71. The fourth-order valence-electron chi connectivity index (χ4n) is 2.25. The maximum Gasteiger partial charge on any atom is 0.424 e. The first kappa shape index (κ1) is 17.0. The Morgan fingerprint density at radius 2 is 1.87 bits per heavy atom. The molecule has 1 aliphatic rings. The lowest BCUT2D eigenvalue weighted by atomic mass is 10.2. The minimum Gasteiger partial charge on any atom is -0.443 e. The van der Waals surface area contributed by atoms with Gasteiger partial charge in [-0.25, -0.2) is 15.2 Å². The summed E-state index contributed by atoms with van der Waals surface area (Å²) in [5.74, 6) is 0. The van der Waals surface area contributed by atoms with Crippen LogP contribution in [0.25, 0.3) is 0 Å². The molecule has 0 saturated carbocycles. The summed E-state index contributed by atoms with van der Waals surface area (Å²) in [5.41, 5.74) is 3.46. The Morgan fingerprint density at radius 3 is 2.43 bits per heavy atom. The Hall–Kier alpha value is -2.35. The predicted molar refractivity (Wildman–Crippen MR) is 86.3 cm³/mol. The molecule has 0 aliphatic carbocycles. The van der Waals surface area contributed by atoms with Crippen LogP contribution in [0.4, 0.5) is 16.2 Å². The summed E-state index contributed by atoms with van der Waals surface area (Å²) in [6.45, 7) is 7.83. The zero-order valence-electron chi connectivity index (χ0n) is 13.6. The summed E-state index contributed by atoms with van der Waals surface area (Å²) < 4.78 is 5.35. The van der Waals surface area contributed by atoms with Gasteiger partial charge in [-0.3, -0.25) is 10.1 Å². The quantitative estimate of drug-likeness (QED) is 0.663. The number of hydrazine groups is 1. The van der Waals surface area contributed by atoms with Gasteiger partial charge in [-0.1, -0.05) is 0 Å². The molecule has 1 amide bonds. The number of nitrogens with one attached hydrogen (secondary N) is 1. The van der Waals surface area contributed by atoms with Crippen molar-refractivity contribution in [2.45, 2.75) is 26.4 Å². The van der Waals surface area contributed by atoms with E-state index in [1.807, 2.05) is 20.8 Å². The molecular formula is C15H22N4O4.